The lowest BCUT2D eigenvalue weighted by molar-refractivity contribution is -0.178. The number of azide groups is 1. The summed E-state index contributed by atoms with van der Waals surface area (Å²) < 4.78 is 5.75. The van der Waals surface area contributed by atoms with Crippen molar-refractivity contribution in [1.82, 2.24) is 5.06 Å². The summed E-state index contributed by atoms with van der Waals surface area (Å²) in [6, 6.07) is 16.0. The smallest absolute Gasteiger partial charge is 0.428 e. The molecule has 1 unspecified atom stereocenters. The van der Waals surface area contributed by atoms with E-state index in [4.69, 9.17) is 15.1 Å². The first kappa shape index (κ1) is 22.4. The minimum Gasteiger partial charge on any atom is -0.428 e. The lowest BCUT2D eigenvalue weighted by Gasteiger charge is -2.26. The van der Waals surface area contributed by atoms with E-state index in [0.29, 0.717) is 18.0 Å². The Hall–Kier alpha value is -3.84. The Morgan fingerprint density at radius 1 is 1.00 bits per heavy atom. The highest BCUT2D eigenvalue weighted by Gasteiger charge is 2.38. The Labute approximate surface area is 190 Å². The highest BCUT2D eigenvalue weighted by atomic mass is 16.8. The number of amides is 2. The second-order valence-electron chi connectivity index (χ2n) is 8.04. The van der Waals surface area contributed by atoms with Crippen molar-refractivity contribution in [2.45, 2.75) is 50.5 Å². The van der Waals surface area contributed by atoms with Crippen molar-refractivity contribution < 1.29 is 24.0 Å². The minimum absolute atomic E-state index is 0.0180. The summed E-state index contributed by atoms with van der Waals surface area (Å²) >= 11 is 0. The number of carbonyl (C=O) groups excluding carboxylic acids is 3. The number of carbonyl (C=O) groups is 3. The van der Waals surface area contributed by atoms with Gasteiger partial charge in [-0.3, -0.25) is 14.4 Å². The van der Waals surface area contributed by atoms with Crippen LogP contribution < -0.4 is 0 Å². The van der Waals surface area contributed by atoms with Crippen molar-refractivity contribution in [3.63, 3.8) is 0 Å². The molecule has 2 aromatic carbocycles. The zero-order valence-electron chi connectivity index (χ0n) is 18.1. The third-order valence-electron chi connectivity index (χ3n) is 5.98. The molecule has 0 saturated carbocycles. The van der Waals surface area contributed by atoms with Gasteiger partial charge in [0.1, 0.15) is 6.10 Å². The Kier molecular flexibility index (Phi) is 6.90. The molecular formula is C24H24N4O5. The van der Waals surface area contributed by atoms with Crippen LogP contribution in [0.2, 0.25) is 0 Å². The van der Waals surface area contributed by atoms with Crippen molar-refractivity contribution in [2.24, 2.45) is 5.11 Å². The number of hydrogen-bond acceptors (Lipinski definition) is 6. The van der Waals surface area contributed by atoms with Crippen LogP contribution in [0.4, 0.5) is 4.79 Å². The average molecular weight is 448 g/mol. The number of hydroxylamine groups is 2. The average Bonchev–Trinajstić information content (AvgIpc) is 3.32. The van der Waals surface area contributed by atoms with E-state index in [2.05, 4.69) is 10.0 Å². The van der Waals surface area contributed by atoms with Crippen LogP contribution >= 0.6 is 0 Å². The first-order valence-corrected chi connectivity index (χ1v) is 11.0. The normalized spacial score (nSPS) is 15.6. The van der Waals surface area contributed by atoms with E-state index in [1.54, 1.807) is 0 Å². The molecule has 1 atom stereocenters. The molecule has 170 valence electrons. The maximum Gasteiger partial charge on any atom is 0.534 e. The van der Waals surface area contributed by atoms with Gasteiger partial charge in [0.25, 0.3) is 11.8 Å². The van der Waals surface area contributed by atoms with Gasteiger partial charge in [-0.05, 0) is 47.0 Å². The Morgan fingerprint density at radius 2 is 1.61 bits per heavy atom. The van der Waals surface area contributed by atoms with E-state index in [9.17, 15) is 14.4 Å². The third kappa shape index (κ3) is 4.83. The Morgan fingerprint density at radius 3 is 2.21 bits per heavy atom. The van der Waals surface area contributed by atoms with Crippen LogP contribution in [0.3, 0.4) is 0 Å². The Balaban J connectivity index is 1.55. The number of fused-ring (bicyclic) bond motifs is 3. The fourth-order valence-electron chi connectivity index (χ4n) is 4.52. The maximum absolute atomic E-state index is 12.6. The molecule has 0 N–H and O–H groups in total. The number of hydrogen-bond donors (Lipinski definition) is 0. The summed E-state index contributed by atoms with van der Waals surface area (Å²) in [4.78, 5) is 44.0. The highest BCUT2D eigenvalue weighted by molar-refractivity contribution is 6.01. The van der Waals surface area contributed by atoms with Crippen LogP contribution in [0.15, 0.2) is 53.6 Å². The molecule has 0 aromatic heterocycles. The lowest BCUT2D eigenvalue weighted by atomic mass is 9.88. The lowest BCUT2D eigenvalue weighted by Crippen LogP contribution is -2.35. The van der Waals surface area contributed by atoms with Crippen LogP contribution in [0.5, 0.6) is 0 Å². The van der Waals surface area contributed by atoms with Crippen molar-refractivity contribution in [3.05, 3.63) is 70.1 Å². The van der Waals surface area contributed by atoms with E-state index >= 15 is 0 Å². The quantitative estimate of drug-likeness (QED) is 0.129. The molecule has 4 rings (SSSR count). The standard InChI is InChI=1S/C24H24N4O5/c25-27-26-15-7-1-2-12-20(32-24(31)33-28-21(29)13-14-22(28)30)23-18-10-5-3-8-16(18)17-9-4-6-11-19(17)23/h3-6,8-11,20,23H,1-2,7,12-15H2. The minimum atomic E-state index is -1.07. The van der Waals surface area contributed by atoms with Gasteiger partial charge in [-0.1, -0.05) is 65.1 Å². The van der Waals surface area contributed by atoms with Gasteiger partial charge in [-0.25, -0.2) is 4.79 Å². The Bertz CT molecular complexity index is 1050. The van der Waals surface area contributed by atoms with Gasteiger partial charge in [0, 0.05) is 30.2 Å². The predicted molar refractivity (Wildman–Crippen MR) is 119 cm³/mol. The first-order valence-electron chi connectivity index (χ1n) is 11.0. The van der Waals surface area contributed by atoms with Crippen LogP contribution in [-0.4, -0.2) is 35.7 Å². The van der Waals surface area contributed by atoms with Gasteiger partial charge in [-0.15, -0.1) is 0 Å². The van der Waals surface area contributed by atoms with E-state index in [1.165, 1.54) is 0 Å². The SMILES string of the molecule is [N-]=[N+]=NCCCCCC(OC(=O)ON1C(=O)CCC1=O)C1c2ccccc2-c2ccccc21. The fourth-order valence-corrected chi connectivity index (χ4v) is 4.52. The van der Waals surface area contributed by atoms with Crippen molar-refractivity contribution >= 4 is 18.0 Å². The molecular weight excluding hydrogens is 424 g/mol. The first-order chi connectivity index (χ1) is 16.1. The summed E-state index contributed by atoms with van der Waals surface area (Å²) in [5.41, 5.74) is 12.7. The van der Waals surface area contributed by atoms with Gasteiger partial charge in [0.05, 0.1) is 0 Å². The molecule has 0 spiro atoms. The van der Waals surface area contributed by atoms with Crippen molar-refractivity contribution in [3.8, 4) is 11.1 Å². The zero-order chi connectivity index (χ0) is 23.2. The van der Waals surface area contributed by atoms with Crippen LogP contribution in [-0.2, 0) is 19.2 Å². The topological polar surface area (TPSA) is 122 Å². The number of nitrogens with zero attached hydrogens (tertiary/aromatic N) is 4. The monoisotopic (exact) mass is 448 g/mol. The van der Waals surface area contributed by atoms with Gasteiger partial charge < -0.3 is 4.74 Å². The van der Waals surface area contributed by atoms with Gasteiger partial charge in [0.2, 0.25) is 0 Å². The van der Waals surface area contributed by atoms with Gasteiger partial charge in [0.15, 0.2) is 0 Å². The molecule has 33 heavy (non-hydrogen) atoms. The molecule has 0 radical (unpaired) electrons. The second-order valence-corrected chi connectivity index (χ2v) is 8.04. The van der Waals surface area contributed by atoms with Crippen LogP contribution in [0.1, 0.15) is 55.6 Å². The molecule has 1 saturated heterocycles. The summed E-state index contributed by atoms with van der Waals surface area (Å²) in [6.45, 7) is 0.415. The van der Waals surface area contributed by atoms with Gasteiger partial charge >= 0.3 is 6.16 Å². The molecule has 9 nitrogen and oxygen atoms in total. The molecule has 0 bridgehead atoms. The number of rotatable bonds is 9. The van der Waals surface area contributed by atoms with Crippen LogP contribution in [0.25, 0.3) is 21.6 Å². The molecule has 1 fully saturated rings. The molecule has 1 aliphatic heterocycles. The van der Waals surface area contributed by atoms with E-state index in [1.807, 2.05) is 48.5 Å². The summed E-state index contributed by atoms with van der Waals surface area (Å²) in [6.07, 6.45) is 1.22. The van der Waals surface area contributed by atoms with Crippen molar-refractivity contribution in [1.29, 1.82) is 0 Å². The molecule has 1 heterocycles. The molecule has 2 aliphatic rings. The summed E-state index contributed by atoms with van der Waals surface area (Å²) in [5.74, 6) is -1.31. The van der Waals surface area contributed by atoms with Crippen molar-refractivity contribution in [2.75, 3.05) is 6.54 Å². The van der Waals surface area contributed by atoms with E-state index in [0.717, 1.165) is 41.5 Å². The molecule has 9 heteroatoms. The zero-order valence-corrected chi connectivity index (χ0v) is 18.1. The molecule has 2 amide bonds. The third-order valence-corrected chi connectivity index (χ3v) is 5.98. The largest absolute Gasteiger partial charge is 0.534 e. The highest BCUT2D eigenvalue weighted by Crippen LogP contribution is 2.47. The summed E-state index contributed by atoms with van der Waals surface area (Å²) in [5, 5.41) is 4.05. The van der Waals surface area contributed by atoms with Gasteiger partial charge in [-0.2, -0.15) is 0 Å². The van der Waals surface area contributed by atoms with E-state index < -0.39 is 24.1 Å². The summed E-state index contributed by atoms with van der Waals surface area (Å²) in [7, 11) is 0. The molecule has 2 aromatic rings. The predicted octanol–water partition coefficient (Wildman–Crippen LogP) is 5.26. The number of ether oxygens (including phenoxy) is 1. The van der Waals surface area contributed by atoms with E-state index in [-0.39, 0.29) is 18.8 Å². The number of benzene rings is 2. The molecule has 1 aliphatic carbocycles. The number of unbranched alkanes of at least 4 members (excludes halogenated alkanes) is 2. The second kappa shape index (κ2) is 10.2. The maximum atomic E-state index is 12.6. The fraction of sp³-hybridized carbons (Fsp3) is 0.375. The van der Waals surface area contributed by atoms with Crippen LogP contribution in [0, 0.1) is 0 Å². The number of imide groups is 1.